The van der Waals surface area contributed by atoms with Gasteiger partial charge in [0.1, 0.15) is 5.71 Å². The predicted molar refractivity (Wildman–Crippen MR) is 163 cm³/mol. The predicted octanol–water partition coefficient (Wildman–Crippen LogP) is 5.51. The van der Waals surface area contributed by atoms with Crippen LogP contribution in [0.3, 0.4) is 0 Å². The number of nitrogens with zero attached hydrogens (tertiary/aromatic N) is 2. The van der Waals surface area contributed by atoms with Crippen LogP contribution in [-0.4, -0.2) is 37.1 Å². The molecule has 1 aliphatic rings. The van der Waals surface area contributed by atoms with Crippen LogP contribution in [0.1, 0.15) is 18.1 Å². The normalized spacial score (nSPS) is 13.5. The largest absolute Gasteiger partial charge is 0.493 e. The van der Waals surface area contributed by atoms with E-state index in [9.17, 15) is 14.4 Å². The van der Waals surface area contributed by atoms with E-state index in [2.05, 4.69) is 15.7 Å². The fourth-order valence-electron chi connectivity index (χ4n) is 4.34. The van der Waals surface area contributed by atoms with Gasteiger partial charge in [-0.05, 0) is 60.2 Å². The van der Waals surface area contributed by atoms with Gasteiger partial charge in [-0.2, -0.15) is 10.1 Å². The summed E-state index contributed by atoms with van der Waals surface area (Å²) in [6.07, 6.45) is 1.74. The average molecular weight is 561 g/mol. The zero-order chi connectivity index (χ0) is 29.5. The quantitative estimate of drug-likeness (QED) is 0.263. The Hall–Kier alpha value is -5.70. The number of hydrogen-bond acceptors (Lipinski definition) is 6. The van der Waals surface area contributed by atoms with Gasteiger partial charge in [0.25, 0.3) is 11.8 Å². The Morgan fingerprint density at radius 2 is 1.50 bits per heavy atom. The monoisotopic (exact) mass is 560 g/mol. The van der Waals surface area contributed by atoms with E-state index >= 15 is 0 Å². The van der Waals surface area contributed by atoms with E-state index in [1.54, 1.807) is 60.7 Å². The number of ether oxygens (including phenoxy) is 2. The highest BCUT2D eigenvalue weighted by Gasteiger charge is 2.32. The minimum Gasteiger partial charge on any atom is -0.493 e. The van der Waals surface area contributed by atoms with Gasteiger partial charge in [-0.1, -0.05) is 54.6 Å². The SMILES string of the molecule is COc1cc(/C=C2\C(=O)N(c3ccc(NC(C)=O)cc3)N=C2c2ccccc2)ccc1OCC(=O)Nc1ccccc1. The number of rotatable bonds is 9. The first-order chi connectivity index (χ1) is 20.4. The van der Waals surface area contributed by atoms with Crippen LogP contribution in [0.5, 0.6) is 11.5 Å². The molecule has 0 unspecified atom stereocenters. The maximum absolute atomic E-state index is 13.7. The Morgan fingerprint density at radius 1 is 0.833 bits per heavy atom. The molecule has 1 heterocycles. The average Bonchev–Trinajstić information content (AvgIpc) is 3.32. The van der Waals surface area contributed by atoms with Gasteiger partial charge in [0.2, 0.25) is 5.91 Å². The third kappa shape index (κ3) is 6.53. The molecule has 0 aromatic heterocycles. The molecule has 42 heavy (non-hydrogen) atoms. The van der Waals surface area contributed by atoms with Crippen LogP contribution < -0.4 is 25.1 Å². The number of anilines is 3. The Bertz CT molecular complexity index is 1670. The number of carbonyl (C=O) groups excluding carboxylic acids is 3. The van der Waals surface area contributed by atoms with E-state index in [0.29, 0.717) is 45.4 Å². The number of carbonyl (C=O) groups is 3. The minimum absolute atomic E-state index is 0.183. The molecule has 0 fully saturated rings. The summed E-state index contributed by atoms with van der Waals surface area (Å²) in [5.74, 6) is -0.000750. The Labute approximate surface area is 243 Å². The summed E-state index contributed by atoms with van der Waals surface area (Å²) >= 11 is 0. The van der Waals surface area contributed by atoms with E-state index in [1.807, 2.05) is 48.5 Å². The first-order valence-electron chi connectivity index (χ1n) is 13.2. The first kappa shape index (κ1) is 27.9. The molecule has 0 spiro atoms. The molecule has 9 heteroatoms. The molecule has 9 nitrogen and oxygen atoms in total. The van der Waals surface area contributed by atoms with Crippen molar-refractivity contribution in [2.75, 3.05) is 29.4 Å². The van der Waals surface area contributed by atoms with Crippen LogP contribution in [0, 0.1) is 0 Å². The van der Waals surface area contributed by atoms with Crippen molar-refractivity contribution in [1.82, 2.24) is 0 Å². The van der Waals surface area contributed by atoms with E-state index in [4.69, 9.17) is 9.47 Å². The Balaban J connectivity index is 1.39. The van der Waals surface area contributed by atoms with Crippen LogP contribution in [0.15, 0.2) is 114 Å². The molecule has 0 bridgehead atoms. The fraction of sp³-hybridized carbons (Fsp3) is 0.0909. The van der Waals surface area contributed by atoms with Crippen LogP contribution in [0.25, 0.3) is 6.08 Å². The molecule has 5 rings (SSSR count). The molecular weight excluding hydrogens is 532 g/mol. The van der Waals surface area contributed by atoms with Crippen molar-refractivity contribution in [3.8, 4) is 11.5 Å². The van der Waals surface area contributed by atoms with E-state index < -0.39 is 0 Å². The Morgan fingerprint density at radius 3 is 2.17 bits per heavy atom. The second kappa shape index (κ2) is 12.6. The number of benzene rings is 4. The molecule has 0 saturated carbocycles. The summed E-state index contributed by atoms with van der Waals surface area (Å²) < 4.78 is 11.3. The summed E-state index contributed by atoms with van der Waals surface area (Å²) in [6.45, 7) is 1.23. The van der Waals surface area contributed by atoms with Gasteiger partial charge >= 0.3 is 0 Å². The molecule has 0 atom stereocenters. The molecule has 210 valence electrons. The van der Waals surface area contributed by atoms with Gasteiger partial charge in [-0.15, -0.1) is 0 Å². The maximum atomic E-state index is 13.7. The van der Waals surface area contributed by atoms with Crippen LogP contribution in [-0.2, 0) is 14.4 Å². The molecule has 1 aliphatic heterocycles. The third-order valence-electron chi connectivity index (χ3n) is 6.27. The Kier molecular flexibility index (Phi) is 8.39. The van der Waals surface area contributed by atoms with Gasteiger partial charge < -0.3 is 20.1 Å². The third-order valence-corrected chi connectivity index (χ3v) is 6.27. The standard InChI is InChI=1S/C33H28N4O5/c1-22(38)34-26-14-16-27(17-15-26)37-33(40)28(32(36-37)24-9-5-3-6-10-24)19-23-13-18-29(30(20-23)41-2)42-21-31(39)35-25-11-7-4-8-12-25/h3-20H,21H2,1-2H3,(H,34,38)(H,35,39)/b28-19-. The topological polar surface area (TPSA) is 109 Å². The van der Waals surface area contributed by atoms with Crippen LogP contribution in [0.2, 0.25) is 0 Å². The van der Waals surface area contributed by atoms with Gasteiger partial charge in [-0.3, -0.25) is 14.4 Å². The molecule has 0 radical (unpaired) electrons. The van der Waals surface area contributed by atoms with Crippen molar-refractivity contribution in [1.29, 1.82) is 0 Å². The summed E-state index contributed by atoms with van der Waals surface area (Å²) in [7, 11) is 1.51. The lowest BCUT2D eigenvalue weighted by Gasteiger charge is -2.13. The molecular formula is C33H28N4O5. The van der Waals surface area contributed by atoms with Gasteiger partial charge in [0.15, 0.2) is 18.1 Å². The number of para-hydroxylation sites is 1. The molecule has 4 aromatic rings. The lowest BCUT2D eigenvalue weighted by Crippen LogP contribution is -2.21. The molecule has 0 saturated heterocycles. The van der Waals surface area contributed by atoms with Crippen molar-refractivity contribution < 1.29 is 23.9 Å². The van der Waals surface area contributed by atoms with E-state index in [-0.39, 0.29) is 24.3 Å². The van der Waals surface area contributed by atoms with Crippen LogP contribution in [0.4, 0.5) is 17.1 Å². The lowest BCUT2D eigenvalue weighted by atomic mass is 10.00. The lowest BCUT2D eigenvalue weighted by molar-refractivity contribution is -0.118. The number of amides is 3. The number of hydrogen-bond donors (Lipinski definition) is 2. The molecule has 2 N–H and O–H groups in total. The van der Waals surface area contributed by atoms with Crippen molar-refractivity contribution in [3.05, 3.63) is 120 Å². The number of hydrazone groups is 1. The van der Waals surface area contributed by atoms with Gasteiger partial charge in [0.05, 0.1) is 18.4 Å². The van der Waals surface area contributed by atoms with Gasteiger partial charge in [-0.25, -0.2) is 0 Å². The summed E-state index contributed by atoms with van der Waals surface area (Å²) in [6, 6.07) is 30.6. The van der Waals surface area contributed by atoms with Crippen molar-refractivity contribution in [2.24, 2.45) is 5.10 Å². The minimum atomic E-state index is -0.307. The summed E-state index contributed by atoms with van der Waals surface area (Å²) in [4.78, 5) is 37.4. The maximum Gasteiger partial charge on any atom is 0.281 e. The van der Waals surface area contributed by atoms with E-state index in [0.717, 1.165) is 5.56 Å². The highest BCUT2D eigenvalue weighted by atomic mass is 16.5. The second-order valence-electron chi connectivity index (χ2n) is 9.33. The van der Waals surface area contributed by atoms with Crippen molar-refractivity contribution >= 4 is 46.6 Å². The molecule has 0 aliphatic carbocycles. The highest BCUT2D eigenvalue weighted by molar-refractivity contribution is 6.37. The molecule has 4 aromatic carbocycles. The first-order valence-corrected chi connectivity index (χ1v) is 13.2. The van der Waals surface area contributed by atoms with E-state index in [1.165, 1.54) is 19.0 Å². The highest BCUT2D eigenvalue weighted by Crippen LogP contribution is 2.32. The second-order valence-corrected chi connectivity index (χ2v) is 9.33. The van der Waals surface area contributed by atoms with Crippen molar-refractivity contribution in [3.63, 3.8) is 0 Å². The fourth-order valence-corrected chi connectivity index (χ4v) is 4.34. The molecule has 3 amide bonds. The zero-order valence-electron chi connectivity index (χ0n) is 23.0. The van der Waals surface area contributed by atoms with Crippen LogP contribution >= 0.6 is 0 Å². The van der Waals surface area contributed by atoms with Crippen molar-refractivity contribution in [2.45, 2.75) is 6.92 Å². The smallest absolute Gasteiger partial charge is 0.281 e. The summed E-state index contributed by atoms with van der Waals surface area (Å²) in [5.41, 5.74) is 4.23. The number of nitrogens with one attached hydrogen (secondary N) is 2. The number of methoxy groups -OCH3 is 1. The summed E-state index contributed by atoms with van der Waals surface area (Å²) in [5, 5.41) is 11.5. The zero-order valence-corrected chi connectivity index (χ0v) is 23.0. The van der Waals surface area contributed by atoms with Gasteiger partial charge in [0, 0.05) is 23.9 Å².